The van der Waals surface area contributed by atoms with Crippen LogP contribution in [0.2, 0.25) is 0 Å². The number of rotatable bonds is 1. The van der Waals surface area contributed by atoms with Crippen LogP contribution in [0.3, 0.4) is 0 Å². The molecule has 4 N–H and O–H groups in total. The van der Waals surface area contributed by atoms with Crippen LogP contribution in [0.4, 0.5) is 16.2 Å². The zero-order valence-corrected chi connectivity index (χ0v) is 10.8. The van der Waals surface area contributed by atoms with Gasteiger partial charge in [-0.2, -0.15) is 0 Å². The van der Waals surface area contributed by atoms with E-state index in [-0.39, 0.29) is 6.03 Å². The number of carbonyl (C=O) groups is 1. The third-order valence-electron chi connectivity index (χ3n) is 1.37. The number of urea groups is 1. The van der Waals surface area contributed by atoms with Crippen LogP contribution in [-0.4, -0.2) is 13.1 Å². The van der Waals surface area contributed by atoms with Crippen molar-refractivity contribution in [1.82, 2.24) is 5.32 Å². The molecule has 0 bridgehead atoms. The van der Waals surface area contributed by atoms with Crippen LogP contribution in [0.15, 0.2) is 24.3 Å². The normalized spacial score (nSPS) is 7.56. The molecule has 1 aromatic rings. The van der Waals surface area contributed by atoms with Gasteiger partial charge in [-0.25, -0.2) is 4.79 Å². The molecule has 0 heterocycles. The summed E-state index contributed by atoms with van der Waals surface area (Å²) in [5.74, 6) is 0. The largest absolute Gasteiger partial charge is 0.399 e. The molecular formula is C12H23N3O. The first kappa shape index (κ1) is 16.7. The van der Waals surface area contributed by atoms with Crippen LogP contribution < -0.4 is 16.4 Å². The van der Waals surface area contributed by atoms with Gasteiger partial charge in [0.25, 0.3) is 0 Å². The maximum atomic E-state index is 10.8. The second-order valence-corrected chi connectivity index (χ2v) is 2.33. The van der Waals surface area contributed by atoms with Crippen LogP contribution in [0, 0.1) is 0 Å². The SMILES string of the molecule is CC.CC.CNC(=O)Nc1cccc(N)c1. The van der Waals surface area contributed by atoms with Gasteiger partial charge in [0.05, 0.1) is 0 Å². The van der Waals surface area contributed by atoms with Crippen LogP contribution >= 0.6 is 0 Å². The second kappa shape index (κ2) is 11.4. The number of hydrogen-bond acceptors (Lipinski definition) is 2. The molecule has 2 amide bonds. The lowest BCUT2D eigenvalue weighted by atomic mass is 10.3. The van der Waals surface area contributed by atoms with Crippen LogP contribution in [0.5, 0.6) is 0 Å². The van der Waals surface area contributed by atoms with Crippen molar-refractivity contribution in [2.45, 2.75) is 27.7 Å². The molecule has 4 nitrogen and oxygen atoms in total. The smallest absolute Gasteiger partial charge is 0.318 e. The topological polar surface area (TPSA) is 67.2 Å². The maximum absolute atomic E-state index is 10.8. The molecule has 0 fully saturated rings. The highest BCUT2D eigenvalue weighted by atomic mass is 16.2. The molecule has 0 unspecified atom stereocenters. The molecule has 4 heteroatoms. The lowest BCUT2D eigenvalue weighted by Crippen LogP contribution is -2.24. The van der Waals surface area contributed by atoms with Gasteiger partial charge in [-0.1, -0.05) is 33.8 Å². The number of nitrogens with one attached hydrogen (secondary N) is 2. The molecule has 1 aromatic carbocycles. The van der Waals surface area contributed by atoms with Gasteiger partial charge in [0.2, 0.25) is 0 Å². The molecule has 1 rings (SSSR count). The predicted molar refractivity (Wildman–Crippen MR) is 71.6 cm³/mol. The fraction of sp³-hybridized carbons (Fsp3) is 0.417. The van der Waals surface area contributed by atoms with Gasteiger partial charge in [-0.15, -0.1) is 0 Å². The molecule has 0 atom stereocenters. The average molecular weight is 225 g/mol. The van der Waals surface area contributed by atoms with E-state index in [2.05, 4.69) is 10.6 Å². The minimum absolute atomic E-state index is 0.249. The monoisotopic (exact) mass is 225 g/mol. The third-order valence-corrected chi connectivity index (χ3v) is 1.37. The minimum atomic E-state index is -0.249. The van der Waals surface area contributed by atoms with E-state index in [0.717, 1.165) is 0 Å². The zero-order chi connectivity index (χ0) is 13.0. The first-order valence-electron chi connectivity index (χ1n) is 5.56. The van der Waals surface area contributed by atoms with Crippen molar-refractivity contribution in [1.29, 1.82) is 0 Å². The molecule has 0 aliphatic carbocycles. The quantitative estimate of drug-likeness (QED) is 0.643. The van der Waals surface area contributed by atoms with Gasteiger partial charge in [-0.05, 0) is 18.2 Å². The maximum Gasteiger partial charge on any atom is 0.318 e. The summed E-state index contributed by atoms with van der Waals surface area (Å²) in [5, 5.41) is 5.04. The van der Waals surface area contributed by atoms with E-state index in [1.165, 1.54) is 0 Å². The Kier molecular flexibility index (Phi) is 11.9. The Morgan fingerprint density at radius 1 is 1.19 bits per heavy atom. The van der Waals surface area contributed by atoms with Gasteiger partial charge >= 0.3 is 6.03 Å². The van der Waals surface area contributed by atoms with E-state index in [4.69, 9.17) is 5.73 Å². The molecule has 0 saturated heterocycles. The Morgan fingerprint density at radius 3 is 2.19 bits per heavy atom. The third kappa shape index (κ3) is 7.67. The lowest BCUT2D eigenvalue weighted by molar-refractivity contribution is 0.254. The van der Waals surface area contributed by atoms with Crippen molar-refractivity contribution in [3.63, 3.8) is 0 Å². The van der Waals surface area contributed by atoms with Crippen molar-refractivity contribution in [2.75, 3.05) is 18.1 Å². The highest BCUT2D eigenvalue weighted by Crippen LogP contribution is 2.10. The minimum Gasteiger partial charge on any atom is -0.399 e. The van der Waals surface area contributed by atoms with Crippen LogP contribution in [0.25, 0.3) is 0 Å². The highest BCUT2D eigenvalue weighted by Gasteiger charge is 1.96. The van der Waals surface area contributed by atoms with Gasteiger partial charge < -0.3 is 16.4 Å². The molecule has 0 radical (unpaired) electrons. The molecule has 0 saturated carbocycles. The summed E-state index contributed by atoms with van der Waals surface area (Å²) in [6.45, 7) is 8.00. The standard InChI is InChI=1S/C8H11N3O.2C2H6/c1-10-8(12)11-7-4-2-3-6(9)5-7;2*1-2/h2-5H,9H2,1H3,(H2,10,11,12);2*1-2H3. The number of benzene rings is 1. The Hall–Kier alpha value is -1.71. The summed E-state index contributed by atoms with van der Waals surface area (Å²) < 4.78 is 0. The number of carbonyl (C=O) groups excluding carboxylic acids is 1. The molecule has 16 heavy (non-hydrogen) atoms. The first-order chi connectivity index (χ1) is 7.72. The Balaban J connectivity index is 0. The number of amides is 2. The average Bonchev–Trinajstić information content (AvgIpc) is 2.34. The van der Waals surface area contributed by atoms with E-state index in [0.29, 0.717) is 11.4 Å². The number of anilines is 2. The second-order valence-electron chi connectivity index (χ2n) is 2.33. The van der Waals surface area contributed by atoms with Crippen molar-refractivity contribution in [2.24, 2.45) is 0 Å². The molecular weight excluding hydrogens is 202 g/mol. The highest BCUT2D eigenvalue weighted by molar-refractivity contribution is 5.89. The lowest BCUT2D eigenvalue weighted by Gasteiger charge is -2.03. The Labute approximate surface area is 98.2 Å². The van der Waals surface area contributed by atoms with Gasteiger partial charge in [0.15, 0.2) is 0 Å². The van der Waals surface area contributed by atoms with Gasteiger partial charge in [0, 0.05) is 18.4 Å². The van der Waals surface area contributed by atoms with Crippen molar-refractivity contribution in [3.8, 4) is 0 Å². The summed E-state index contributed by atoms with van der Waals surface area (Å²) in [6, 6.07) is 6.75. The van der Waals surface area contributed by atoms with E-state index in [1.807, 2.05) is 27.7 Å². The summed E-state index contributed by atoms with van der Waals surface area (Å²) in [5.41, 5.74) is 6.82. The molecule has 92 valence electrons. The molecule has 0 spiro atoms. The Bertz CT molecular complexity index is 287. The summed E-state index contributed by atoms with van der Waals surface area (Å²) >= 11 is 0. The van der Waals surface area contributed by atoms with Crippen molar-refractivity contribution < 1.29 is 4.79 Å². The van der Waals surface area contributed by atoms with E-state index >= 15 is 0 Å². The molecule has 0 aliphatic rings. The van der Waals surface area contributed by atoms with Gasteiger partial charge in [0.1, 0.15) is 0 Å². The first-order valence-corrected chi connectivity index (χ1v) is 5.56. The van der Waals surface area contributed by atoms with E-state index in [9.17, 15) is 4.79 Å². The summed E-state index contributed by atoms with van der Waals surface area (Å²) in [7, 11) is 1.56. The van der Waals surface area contributed by atoms with E-state index in [1.54, 1.807) is 31.3 Å². The van der Waals surface area contributed by atoms with Crippen LogP contribution in [-0.2, 0) is 0 Å². The fourth-order valence-corrected chi connectivity index (χ4v) is 0.810. The van der Waals surface area contributed by atoms with Gasteiger partial charge in [-0.3, -0.25) is 0 Å². The fourth-order valence-electron chi connectivity index (χ4n) is 0.810. The predicted octanol–water partition coefficient (Wildman–Crippen LogP) is 3.07. The summed E-state index contributed by atoms with van der Waals surface area (Å²) in [4.78, 5) is 10.8. The van der Waals surface area contributed by atoms with Crippen molar-refractivity contribution in [3.05, 3.63) is 24.3 Å². The Morgan fingerprint density at radius 2 is 1.75 bits per heavy atom. The number of hydrogen-bond donors (Lipinski definition) is 3. The van der Waals surface area contributed by atoms with E-state index < -0.39 is 0 Å². The summed E-state index contributed by atoms with van der Waals surface area (Å²) in [6.07, 6.45) is 0. The molecule has 0 aliphatic heterocycles. The molecule has 0 aromatic heterocycles. The number of nitrogen functional groups attached to an aromatic ring is 1. The zero-order valence-electron chi connectivity index (χ0n) is 10.8. The van der Waals surface area contributed by atoms with Crippen molar-refractivity contribution >= 4 is 17.4 Å². The number of nitrogens with two attached hydrogens (primary N) is 1. The van der Waals surface area contributed by atoms with Crippen LogP contribution in [0.1, 0.15) is 27.7 Å².